The lowest BCUT2D eigenvalue weighted by Crippen LogP contribution is -2.08. The normalized spacial score (nSPS) is 17.2. The van der Waals surface area contributed by atoms with Crippen LogP contribution in [0.5, 0.6) is 0 Å². The number of ketones is 1. The third-order valence-electron chi connectivity index (χ3n) is 2.71. The SMILES string of the molecule is CC1=C/C(=N\OS(=O)(=O)c2ccc(C)cc2)C=CC1=O. The van der Waals surface area contributed by atoms with Gasteiger partial charge in [0.15, 0.2) is 5.78 Å². The van der Waals surface area contributed by atoms with Crippen LogP contribution >= 0.6 is 0 Å². The highest BCUT2D eigenvalue weighted by Crippen LogP contribution is 2.14. The Morgan fingerprint density at radius 3 is 2.30 bits per heavy atom. The first-order valence-corrected chi connectivity index (χ1v) is 7.28. The van der Waals surface area contributed by atoms with Gasteiger partial charge in [-0.25, -0.2) is 0 Å². The van der Waals surface area contributed by atoms with Crippen molar-refractivity contribution in [3.05, 3.63) is 53.6 Å². The highest BCUT2D eigenvalue weighted by Gasteiger charge is 2.16. The minimum absolute atomic E-state index is 0.0315. The van der Waals surface area contributed by atoms with Crippen LogP contribution in [-0.2, 0) is 19.2 Å². The lowest BCUT2D eigenvalue weighted by molar-refractivity contribution is -0.111. The molecule has 1 aromatic rings. The molecule has 0 radical (unpaired) electrons. The Labute approximate surface area is 117 Å². The van der Waals surface area contributed by atoms with Gasteiger partial charge in [0.2, 0.25) is 0 Å². The van der Waals surface area contributed by atoms with Gasteiger partial charge < -0.3 is 0 Å². The summed E-state index contributed by atoms with van der Waals surface area (Å²) in [6.45, 7) is 3.48. The Kier molecular flexibility index (Phi) is 3.85. The van der Waals surface area contributed by atoms with Crippen LogP contribution in [0.4, 0.5) is 0 Å². The van der Waals surface area contributed by atoms with E-state index in [1.165, 1.54) is 30.4 Å². The van der Waals surface area contributed by atoms with Gasteiger partial charge in [0, 0.05) is 0 Å². The molecule has 0 aliphatic heterocycles. The van der Waals surface area contributed by atoms with E-state index in [0.29, 0.717) is 5.57 Å². The standard InChI is InChI=1S/C14H13NO4S/c1-10-3-6-13(7-4-10)20(17,18)19-15-12-5-8-14(16)11(2)9-12/h3-9H,1-2H3/b15-12-. The molecule has 0 atom stereocenters. The summed E-state index contributed by atoms with van der Waals surface area (Å²) < 4.78 is 28.4. The maximum Gasteiger partial charge on any atom is 0.358 e. The molecule has 104 valence electrons. The van der Waals surface area contributed by atoms with E-state index in [-0.39, 0.29) is 16.4 Å². The van der Waals surface area contributed by atoms with Gasteiger partial charge in [-0.3, -0.25) is 9.08 Å². The van der Waals surface area contributed by atoms with E-state index in [1.54, 1.807) is 19.1 Å². The summed E-state index contributed by atoms with van der Waals surface area (Å²) in [6.07, 6.45) is 4.18. The predicted molar refractivity (Wildman–Crippen MR) is 74.8 cm³/mol. The molecule has 1 aliphatic rings. The Morgan fingerprint density at radius 2 is 1.70 bits per heavy atom. The second-order valence-corrected chi connectivity index (χ2v) is 5.91. The van der Waals surface area contributed by atoms with Crippen LogP contribution in [0.1, 0.15) is 12.5 Å². The van der Waals surface area contributed by atoms with Crippen molar-refractivity contribution in [2.75, 3.05) is 0 Å². The van der Waals surface area contributed by atoms with E-state index in [0.717, 1.165) is 5.56 Å². The molecule has 0 saturated heterocycles. The molecule has 2 rings (SSSR count). The van der Waals surface area contributed by atoms with Gasteiger partial charge in [0.25, 0.3) is 0 Å². The predicted octanol–water partition coefficient (Wildman–Crippen LogP) is 2.14. The number of allylic oxidation sites excluding steroid dienone is 4. The molecule has 0 heterocycles. The van der Waals surface area contributed by atoms with Crippen LogP contribution in [0.2, 0.25) is 0 Å². The first kappa shape index (κ1) is 14.2. The maximum absolute atomic E-state index is 11.9. The van der Waals surface area contributed by atoms with E-state index < -0.39 is 10.1 Å². The molecular weight excluding hydrogens is 278 g/mol. The average molecular weight is 291 g/mol. The number of carbonyl (C=O) groups is 1. The van der Waals surface area contributed by atoms with E-state index in [2.05, 4.69) is 9.44 Å². The second-order valence-electron chi connectivity index (χ2n) is 4.38. The highest BCUT2D eigenvalue weighted by atomic mass is 32.2. The average Bonchev–Trinajstić information content (AvgIpc) is 2.41. The van der Waals surface area contributed by atoms with Gasteiger partial charge in [-0.15, -0.1) is 0 Å². The number of rotatable bonds is 3. The number of carbonyl (C=O) groups excluding carboxylic acids is 1. The lowest BCUT2D eigenvalue weighted by atomic mass is 10.1. The lowest BCUT2D eigenvalue weighted by Gasteiger charge is -2.05. The summed E-state index contributed by atoms with van der Waals surface area (Å²) in [5.41, 5.74) is 1.70. The van der Waals surface area contributed by atoms with E-state index in [1.807, 2.05) is 6.92 Å². The minimum atomic E-state index is -3.94. The van der Waals surface area contributed by atoms with Crippen LogP contribution in [-0.4, -0.2) is 19.9 Å². The molecule has 6 heteroatoms. The molecule has 1 aromatic carbocycles. The van der Waals surface area contributed by atoms with Gasteiger partial charge in [0.05, 0.1) is 0 Å². The van der Waals surface area contributed by atoms with Crippen molar-refractivity contribution in [1.82, 2.24) is 0 Å². The molecule has 1 aliphatic carbocycles. The van der Waals surface area contributed by atoms with E-state index in [4.69, 9.17) is 0 Å². The summed E-state index contributed by atoms with van der Waals surface area (Å²) in [5.74, 6) is -0.134. The zero-order valence-electron chi connectivity index (χ0n) is 11.0. The second kappa shape index (κ2) is 5.42. The number of oxime groups is 1. The third-order valence-corrected chi connectivity index (χ3v) is 3.83. The van der Waals surface area contributed by atoms with Gasteiger partial charge in [-0.1, -0.05) is 22.9 Å². The zero-order chi connectivity index (χ0) is 14.8. The van der Waals surface area contributed by atoms with Gasteiger partial charge in [0.1, 0.15) is 10.6 Å². The third kappa shape index (κ3) is 3.21. The molecule has 0 spiro atoms. The van der Waals surface area contributed by atoms with Gasteiger partial charge >= 0.3 is 10.1 Å². The maximum atomic E-state index is 11.9. The molecule has 5 nitrogen and oxygen atoms in total. The number of nitrogens with zero attached hydrogens (tertiary/aromatic N) is 1. The largest absolute Gasteiger partial charge is 0.358 e. The van der Waals surface area contributed by atoms with Crippen molar-refractivity contribution >= 4 is 21.6 Å². The van der Waals surface area contributed by atoms with Crippen molar-refractivity contribution in [2.24, 2.45) is 5.16 Å². The van der Waals surface area contributed by atoms with E-state index in [9.17, 15) is 13.2 Å². The Hall–Kier alpha value is -2.21. The molecule has 0 bridgehead atoms. The van der Waals surface area contributed by atoms with Crippen LogP contribution < -0.4 is 0 Å². The van der Waals surface area contributed by atoms with Crippen LogP contribution in [0.3, 0.4) is 0 Å². The van der Waals surface area contributed by atoms with Gasteiger partial charge in [-0.2, -0.15) is 8.42 Å². The fourth-order valence-electron chi connectivity index (χ4n) is 1.53. The first-order chi connectivity index (χ1) is 9.38. The molecule has 0 amide bonds. The van der Waals surface area contributed by atoms with Crippen molar-refractivity contribution in [3.63, 3.8) is 0 Å². The topological polar surface area (TPSA) is 72.8 Å². The summed E-state index contributed by atoms with van der Waals surface area (Å²) in [7, 11) is -3.94. The summed E-state index contributed by atoms with van der Waals surface area (Å²) in [6, 6.07) is 6.25. The van der Waals surface area contributed by atoms with E-state index >= 15 is 0 Å². The number of hydrogen-bond donors (Lipinski definition) is 0. The van der Waals surface area contributed by atoms with Crippen LogP contribution in [0.15, 0.2) is 58.1 Å². The summed E-state index contributed by atoms with van der Waals surface area (Å²) in [5, 5.41) is 3.55. The number of benzene rings is 1. The van der Waals surface area contributed by atoms with Crippen molar-refractivity contribution in [3.8, 4) is 0 Å². The molecule has 20 heavy (non-hydrogen) atoms. The molecule has 0 fully saturated rings. The smallest absolute Gasteiger partial charge is 0.290 e. The van der Waals surface area contributed by atoms with Crippen molar-refractivity contribution in [2.45, 2.75) is 18.7 Å². The summed E-state index contributed by atoms with van der Waals surface area (Å²) in [4.78, 5) is 11.3. The molecule has 0 unspecified atom stereocenters. The van der Waals surface area contributed by atoms with Crippen LogP contribution in [0.25, 0.3) is 0 Å². The van der Waals surface area contributed by atoms with Crippen molar-refractivity contribution in [1.29, 1.82) is 0 Å². The number of aryl methyl sites for hydroxylation is 1. The summed E-state index contributed by atoms with van der Waals surface area (Å²) >= 11 is 0. The minimum Gasteiger partial charge on any atom is -0.290 e. The first-order valence-electron chi connectivity index (χ1n) is 5.87. The molecule has 0 aromatic heterocycles. The Balaban J connectivity index is 2.20. The number of hydrogen-bond acceptors (Lipinski definition) is 5. The Morgan fingerprint density at radius 1 is 1.05 bits per heavy atom. The quantitative estimate of drug-likeness (QED) is 0.632. The molecular formula is C14H13NO4S. The monoisotopic (exact) mass is 291 g/mol. The fourth-order valence-corrected chi connectivity index (χ4v) is 2.27. The van der Waals surface area contributed by atoms with Crippen LogP contribution in [0, 0.1) is 6.92 Å². The van der Waals surface area contributed by atoms with Gasteiger partial charge in [-0.05, 0) is 49.8 Å². The van der Waals surface area contributed by atoms with Crippen molar-refractivity contribution < 1.29 is 17.5 Å². The fraction of sp³-hybridized carbons (Fsp3) is 0.143. The zero-order valence-corrected chi connectivity index (χ0v) is 11.8. The molecule has 0 saturated carbocycles. The molecule has 0 N–H and O–H groups in total. The highest BCUT2D eigenvalue weighted by molar-refractivity contribution is 7.86. The Bertz CT molecular complexity index is 725.